The van der Waals surface area contributed by atoms with Gasteiger partial charge in [0.05, 0.1) is 0 Å². The molecule has 3 atom stereocenters. The Hall–Kier alpha value is -0.810. The second kappa shape index (κ2) is 3.84. The van der Waals surface area contributed by atoms with Crippen LogP contribution in [0.5, 0.6) is 0 Å². The molecule has 0 amide bonds. The molecule has 0 aromatic carbocycles. The second-order valence-electron chi connectivity index (χ2n) is 5.94. The molecule has 1 aliphatic heterocycles. The number of rotatable bonds is 1. The standard InChI is InChI=1S/C13H21NO3S/c1-7-6-8(2)10-11(9(7)3)17-13(4,5)12(10)18(14,15)16/h6,8,10,12H,1-5H3,(H2,14,15,16). The maximum atomic E-state index is 11.9. The minimum Gasteiger partial charge on any atom is -0.490 e. The Kier molecular flexibility index (Phi) is 2.91. The predicted molar refractivity (Wildman–Crippen MR) is 71.2 cm³/mol. The van der Waals surface area contributed by atoms with Crippen LogP contribution in [-0.2, 0) is 14.8 Å². The van der Waals surface area contributed by atoms with Crippen LogP contribution < -0.4 is 5.14 Å². The Labute approximate surface area is 109 Å². The molecule has 0 saturated carbocycles. The minimum absolute atomic E-state index is 0.119. The first kappa shape index (κ1) is 13.6. The lowest BCUT2D eigenvalue weighted by Crippen LogP contribution is -2.46. The average Bonchev–Trinajstić information content (AvgIpc) is 2.46. The molecule has 0 aromatic rings. The van der Waals surface area contributed by atoms with Gasteiger partial charge in [-0.15, -0.1) is 0 Å². The van der Waals surface area contributed by atoms with E-state index in [-0.39, 0.29) is 11.8 Å². The second-order valence-corrected chi connectivity index (χ2v) is 7.62. The zero-order chi connectivity index (χ0) is 13.9. The van der Waals surface area contributed by atoms with Gasteiger partial charge in [0.2, 0.25) is 10.0 Å². The Morgan fingerprint density at radius 3 is 2.39 bits per heavy atom. The maximum absolute atomic E-state index is 11.9. The summed E-state index contributed by atoms with van der Waals surface area (Å²) in [7, 11) is -3.64. The predicted octanol–water partition coefficient (Wildman–Crippen LogP) is 1.94. The number of primary sulfonamides is 1. The van der Waals surface area contributed by atoms with Crippen LogP contribution in [0.3, 0.4) is 0 Å². The quantitative estimate of drug-likeness (QED) is 0.792. The highest BCUT2D eigenvalue weighted by atomic mass is 32.2. The van der Waals surface area contributed by atoms with Crippen LogP contribution >= 0.6 is 0 Å². The highest BCUT2D eigenvalue weighted by Gasteiger charge is 2.56. The van der Waals surface area contributed by atoms with E-state index in [1.807, 2.05) is 20.8 Å². The van der Waals surface area contributed by atoms with Gasteiger partial charge in [-0.3, -0.25) is 0 Å². The third-order valence-electron chi connectivity index (χ3n) is 4.08. The molecule has 1 fully saturated rings. The summed E-state index contributed by atoms with van der Waals surface area (Å²) in [5.74, 6) is 0.749. The molecular formula is C13H21NO3S. The van der Waals surface area contributed by atoms with E-state index >= 15 is 0 Å². The Morgan fingerprint density at radius 1 is 1.33 bits per heavy atom. The maximum Gasteiger partial charge on any atom is 0.216 e. The zero-order valence-electron chi connectivity index (χ0n) is 11.5. The molecule has 0 radical (unpaired) electrons. The van der Waals surface area contributed by atoms with Crippen LogP contribution in [-0.4, -0.2) is 19.3 Å². The van der Waals surface area contributed by atoms with Crippen LogP contribution in [0.2, 0.25) is 0 Å². The molecule has 3 unspecified atom stereocenters. The van der Waals surface area contributed by atoms with Crippen molar-refractivity contribution in [2.45, 2.75) is 45.5 Å². The molecule has 0 spiro atoms. The first-order valence-corrected chi connectivity index (χ1v) is 7.77. The number of hydrogen-bond donors (Lipinski definition) is 1. The van der Waals surface area contributed by atoms with Crippen molar-refractivity contribution in [3.8, 4) is 0 Å². The van der Waals surface area contributed by atoms with Crippen molar-refractivity contribution < 1.29 is 13.2 Å². The van der Waals surface area contributed by atoms with Crippen LogP contribution in [0.4, 0.5) is 0 Å². The molecule has 4 nitrogen and oxygen atoms in total. The van der Waals surface area contributed by atoms with E-state index in [0.717, 1.165) is 16.9 Å². The third-order valence-corrected chi connectivity index (χ3v) is 5.65. The van der Waals surface area contributed by atoms with Crippen molar-refractivity contribution in [1.29, 1.82) is 0 Å². The lowest BCUT2D eigenvalue weighted by atomic mass is 9.79. The van der Waals surface area contributed by atoms with Crippen molar-refractivity contribution in [2.75, 3.05) is 0 Å². The fourth-order valence-corrected chi connectivity index (χ4v) is 4.86. The topological polar surface area (TPSA) is 69.4 Å². The van der Waals surface area contributed by atoms with E-state index in [1.165, 1.54) is 0 Å². The lowest BCUT2D eigenvalue weighted by molar-refractivity contribution is 0.0769. The van der Waals surface area contributed by atoms with Gasteiger partial charge in [0.15, 0.2) is 0 Å². The van der Waals surface area contributed by atoms with Gasteiger partial charge in [0, 0.05) is 5.92 Å². The van der Waals surface area contributed by atoms with Crippen molar-refractivity contribution in [1.82, 2.24) is 0 Å². The van der Waals surface area contributed by atoms with Gasteiger partial charge in [0.1, 0.15) is 16.6 Å². The molecule has 0 bridgehead atoms. The highest BCUT2D eigenvalue weighted by Crippen LogP contribution is 2.49. The van der Waals surface area contributed by atoms with Gasteiger partial charge >= 0.3 is 0 Å². The van der Waals surface area contributed by atoms with E-state index in [9.17, 15) is 8.42 Å². The molecule has 1 saturated heterocycles. The van der Waals surface area contributed by atoms with Gasteiger partial charge in [-0.2, -0.15) is 0 Å². The van der Waals surface area contributed by atoms with Crippen molar-refractivity contribution in [2.24, 2.45) is 17.0 Å². The summed E-state index contributed by atoms with van der Waals surface area (Å²) >= 11 is 0. The number of ether oxygens (including phenoxy) is 1. The van der Waals surface area contributed by atoms with Crippen molar-refractivity contribution >= 4 is 10.0 Å². The van der Waals surface area contributed by atoms with E-state index in [0.29, 0.717) is 0 Å². The number of allylic oxidation sites excluding steroid dienone is 4. The number of sulfonamides is 1. The van der Waals surface area contributed by atoms with Gasteiger partial charge in [-0.1, -0.05) is 13.0 Å². The monoisotopic (exact) mass is 271 g/mol. The van der Waals surface area contributed by atoms with Crippen LogP contribution in [0, 0.1) is 11.8 Å². The number of hydrogen-bond acceptors (Lipinski definition) is 3. The van der Waals surface area contributed by atoms with Gasteiger partial charge in [0.25, 0.3) is 0 Å². The first-order chi connectivity index (χ1) is 8.05. The summed E-state index contributed by atoms with van der Waals surface area (Å²) in [4.78, 5) is 0. The Balaban J connectivity index is 2.61. The average molecular weight is 271 g/mol. The minimum atomic E-state index is -3.64. The van der Waals surface area contributed by atoms with Gasteiger partial charge in [-0.25, -0.2) is 13.6 Å². The summed E-state index contributed by atoms with van der Waals surface area (Å²) in [6.07, 6.45) is 2.10. The zero-order valence-corrected chi connectivity index (χ0v) is 12.3. The van der Waals surface area contributed by atoms with Crippen LogP contribution in [0.25, 0.3) is 0 Å². The highest BCUT2D eigenvalue weighted by molar-refractivity contribution is 7.89. The molecule has 18 heavy (non-hydrogen) atoms. The molecule has 1 heterocycles. The van der Waals surface area contributed by atoms with Crippen molar-refractivity contribution in [3.63, 3.8) is 0 Å². The molecule has 5 heteroatoms. The molecule has 2 N–H and O–H groups in total. The Morgan fingerprint density at radius 2 is 1.89 bits per heavy atom. The Bertz CT molecular complexity index is 543. The first-order valence-electron chi connectivity index (χ1n) is 6.16. The lowest BCUT2D eigenvalue weighted by Gasteiger charge is -2.28. The molecule has 0 aromatic heterocycles. The summed E-state index contributed by atoms with van der Waals surface area (Å²) in [5.41, 5.74) is 1.42. The fraction of sp³-hybridized carbons (Fsp3) is 0.692. The van der Waals surface area contributed by atoms with Crippen LogP contribution in [0.1, 0.15) is 34.6 Å². The number of nitrogens with two attached hydrogens (primary N) is 1. The van der Waals surface area contributed by atoms with E-state index in [2.05, 4.69) is 6.08 Å². The molecule has 1 aliphatic carbocycles. The third kappa shape index (κ3) is 1.89. The van der Waals surface area contributed by atoms with E-state index < -0.39 is 20.9 Å². The van der Waals surface area contributed by atoms with Crippen molar-refractivity contribution in [3.05, 3.63) is 23.0 Å². The molecular weight excluding hydrogens is 250 g/mol. The fourth-order valence-electron chi connectivity index (χ4n) is 3.24. The number of fused-ring (bicyclic) bond motifs is 1. The summed E-state index contributed by atoms with van der Waals surface area (Å²) < 4.78 is 29.7. The smallest absolute Gasteiger partial charge is 0.216 e. The molecule has 102 valence electrons. The molecule has 2 aliphatic rings. The molecule has 2 rings (SSSR count). The SMILES string of the molecule is CC1=CC(C)C2C(=C1C)OC(C)(C)C2S(N)(=O)=O. The van der Waals surface area contributed by atoms with Crippen LogP contribution in [0.15, 0.2) is 23.0 Å². The summed E-state index contributed by atoms with van der Waals surface area (Å²) in [5, 5.41) is 4.73. The largest absolute Gasteiger partial charge is 0.490 e. The van der Waals surface area contributed by atoms with Gasteiger partial charge in [-0.05, 0) is 44.8 Å². The summed E-state index contributed by atoms with van der Waals surface area (Å²) in [6.45, 7) is 9.60. The van der Waals surface area contributed by atoms with Gasteiger partial charge < -0.3 is 4.74 Å². The van der Waals surface area contributed by atoms with E-state index in [4.69, 9.17) is 9.88 Å². The normalized spacial score (nSPS) is 35.0. The van der Waals surface area contributed by atoms with E-state index in [1.54, 1.807) is 13.8 Å². The summed E-state index contributed by atoms with van der Waals surface area (Å²) in [6, 6.07) is 0.